The molecule has 25 heteroatoms. The molecule has 2 aliphatic heterocycles. The molecule has 25 nitrogen and oxygen atoms in total. The zero-order chi connectivity index (χ0) is 54.3. The molecule has 2 heterocycles. The Bertz CT molecular complexity index is 2290. The average molecular weight is 1050 g/mol. The van der Waals surface area contributed by atoms with Crippen LogP contribution in [0.3, 0.4) is 0 Å². The van der Waals surface area contributed by atoms with Crippen LogP contribution in [0.4, 0.5) is 4.79 Å². The van der Waals surface area contributed by atoms with Crippen LogP contribution in [0.15, 0.2) is 42.5 Å². The lowest BCUT2D eigenvalue weighted by Gasteiger charge is -2.53. The summed E-state index contributed by atoms with van der Waals surface area (Å²) in [7, 11) is 0. The largest absolute Gasteiger partial charge is 0.481 e. The van der Waals surface area contributed by atoms with Crippen LogP contribution >= 0.6 is 0 Å². The summed E-state index contributed by atoms with van der Waals surface area (Å²) in [5.74, 6) is -6.25. The predicted molar refractivity (Wildman–Crippen MR) is 266 cm³/mol. The third kappa shape index (κ3) is 19.7. The van der Waals surface area contributed by atoms with Crippen molar-refractivity contribution in [3.8, 4) is 0 Å². The van der Waals surface area contributed by atoms with Crippen molar-refractivity contribution in [2.75, 3.05) is 98.5 Å². The fourth-order valence-electron chi connectivity index (χ4n) is 9.70. The number of urea groups is 1. The Morgan fingerprint density at radius 2 is 1.19 bits per heavy atom. The van der Waals surface area contributed by atoms with Crippen molar-refractivity contribution in [2.45, 2.75) is 82.3 Å². The van der Waals surface area contributed by atoms with Crippen LogP contribution in [0, 0.1) is 11.3 Å². The van der Waals surface area contributed by atoms with E-state index in [-0.39, 0.29) is 75.5 Å². The molecule has 8 N–H and O–H groups in total. The second kappa shape index (κ2) is 29.8. The molecule has 3 aliphatic rings. The van der Waals surface area contributed by atoms with Crippen molar-refractivity contribution in [1.29, 1.82) is 0 Å². The summed E-state index contributed by atoms with van der Waals surface area (Å²) < 4.78 is 10.0. The first kappa shape index (κ1) is 58.9. The van der Waals surface area contributed by atoms with E-state index in [2.05, 4.69) is 21.3 Å². The van der Waals surface area contributed by atoms with E-state index in [0.717, 1.165) is 16.3 Å². The van der Waals surface area contributed by atoms with Crippen LogP contribution in [0.1, 0.15) is 63.4 Å². The molecule has 75 heavy (non-hydrogen) atoms. The normalized spacial score (nSPS) is 18.4. The van der Waals surface area contributed by atoms with E-state index in [1.807, 2.05) is 62.1 Å². The lowest BCUT2D eigenvalue weighted by molar-refractivity contribution is -0.149. The summed E-state index contributed by atoms with van der Waals surface area (Å²) in [4.78, 5) is 131. The molecule has 0 bridgehead atoms. The van der Waals surface area contributed by atoms with Gasteiger partial charge in [0.25, 0.3) is 12.9 Å². The molecule has 1 spiro atoms. The molecule has 2 saturated heterocycles. The van der Waals surface area contributed by atoms with E-state index >= 15 is 0 Å². The highest BCUT2D eigenvalue weighted by Crippen LogP contribution is 2.45. The zero-order valence-electron chi connectivity index (χ0n) is 42.1. The molecule has 1 aliphatic carbocycles. The minimum Gasteiger partial charge on any atom is -0.481 e. The number of ether oxygens (including phenoxy) is 2. The number of benzene rings is 2. The van der Waals surface area contributed by atoms with Crippen molar-refractivity contribution >= 4 is 71.3 Å². The molecule has 2 aromatic rings. The summed E-state index contributed by atoms with van der Waals surface area (Å²) >= 11 is 0. The molecule has 1 saturated carbocycles. The van der Waals surface area contributed by atoms with Crippen molar-refractivity contribution < 1.29 is 77.8 Å². The number of carboxylic acids is 4. The second-order valence-corrected chi connectivity index (χ2v) is 19.6. The van der Waals surface area contributed by atoms with Crippen molar-refractivity contribution in [3.05, 3.63) is 48.0 Å². The summed E-state index contributed by atoms with van der Waals surface area (Å²) in [6.45, 7) is 5.14. The van der Waals surface area contributed by atoms with Crippen LogP contribution in [0.25, 0.3) is 10.8 Å². The van der Waals surface area contributed by atoms with Gasteiger partial charge in [-0.05, 0) is 67.7 Å². The quantitative estimate of drug-likeness (QED) is 0.0425. The predicted octanol–water partition coefficient (Wildman–Crippen LogP) is -0.190. The highest BCUT2D eigenvalue weighted by Gasteiger charge is 2.48. The van der Waals surface area contributed by atoms with Gasteiger partial charge in [0.05, 0.1) is 13.1 Å². The number of carbonyl (C=O) groups is 10. The molecule has 2 aromatic carbocycles. The number of carboxylic acid groups (broad SMARTS) is 4. The topological polar surface area (TPSA) is 334 Å². The number of nitrogens with zero attached hydrogens (tertiary/aromatic N) is 5. The molecule has 3 atom stereocenters. The van der Waals surface area contributed by atoms with E-state index in [9.17, 15) is 63.3 Å². The lowest BCUT2D eigenvalue weighted by atomic mass is 9.65. The van der Waals surface area contributed by atoms with E-state index < -0.39 is 66.8 Å². The Morgan fingerprint density at radius 1 is 0.640 bits per heavy atom. The van der Waals surface area contributed by atoms with Gasteiger partial charge in [0.1, 0.15) is 31.6 Å². The van der Waals surface area contributed by atoms with E-state index in [0.29, 0.717) is 110 Å². The monoisotopic (exact) mass is 1050 g/mol. The summed E-state index contributed by atoms with van der Waals surface area (Å²) in [5.41, 5.74) is 0.667. The molecule has 5 amide bonds. The number of amides is 5. The number of fused-ring (bicyclic) bond motifs is 1. The van der Waals surface area contributed by atoms with Gasteiger partial charge in [-0.3, -0.25) is 53.2 Å². The van der Waals surface area contributed by atoms with Crippen molar-refractivity contribution in [2.24, 2.45) is 11.3 Å². The highest BCUT2D eigenvalue weighted by atomic mass is 16.5. The second-order valence-electron chi connectivity index (χ2n) is 19.6. The molecule has 0 radical (unpaired) electrons. The first-order valence-electron chi connectivity index (χ1n) is 25.3. The number of hydrogen-bond acceptors (Lipinski definition) is 16. The van der Waals surface area contributed by atoms with E-state index in [4.69, 9.17) is 14.6 Å². The van der Waals surface area contributed by atoms with Gasteiger partial charge in [-0.15, -0.1) is 0 Å². The minimum absolute atomic E-state index is 0.0194. The van der Waals surface area contributed by atoms with E-state index in [1.165, 1.54) is 0 Å². The number of likely N-dealkylation sites (tertiary alicyclic amines) is 1. The van der Waals surface area contributed by atoms with Gasteiger partial charge in [0.15, 0.2) is 0 Å². The maximum absolute atomic E-state index is 14.0. The molecule has 3 fully saturated rings. The van der Waals surface area contributed by atoms with E-state index in [1.54, 1.807) is 4.90 Å². The fraction of sp³-hybridized carbons (Fsp3) is 0.600. The first-order chi connectivity index (χ1) is 36.0. The standard InChI is InChI=1S/C50H71N9O16/c60-33-74-31-57-21-19-55(17-18-56(28-44(65)66)20-22-58(24-23-57)32-75-34-61)27-42(62)59-29-50(30-59)14-12-37(13-15-50)45(67)52-41(26-35-8-9-36-5-1-2-6-38(36)25-35)46(68)51-16-4-3-7-39(47(69)70)53-49(73)54-40(48(71)72)10-11-43(63)64/h1-2,5-6,8-9,25,33-34,37,39-41H,3-4,7,10-24,26-32H2,(H,51,68)(H,52,67)(H,63,64)(H,65,66)(H,69,70)(H,71,72)(H2,53,54,73)/t39?,40-,41-/m0/s1. The third-order valence-electron chi connectivity index (χ3n) is 14.1. The summed E-state index contributed by atoms with van der Waals surface area (Å²) in [6.07, 6.45) is 2.24. The Balaban J connectivity index is 1.13. The van der Waals surface area contributed by atoms with Gasteiger partial charge >= 0.3 is 29.9 Å². The van der Waals surface area contributed by atoms with Crippen molar-refractivity contribution in [1.82, 2.24) is 45.8 Å². The van der Waals surface area contributed by atoms with Gasteiger partial charge in [-0.1, -0.05) is 42.5 Å². The van der Waals surface area contributed by atoms with Crippen LogP contribution in [-0.2, 0) is 59.0 Å². The molecule has 412 valence electrons. The smallest absolute Gasteiger partial charge is 0.326 e. The number of hydrogen-bond donors (Lipinski definition) is 8. The number of nitrogens with one attached hydrogen (secondary N) is 4. The van der Waals surface area contributed by atoms with Gasteiger partial charge in [0, 0.05) is 96.2 Å². The van der Waals surface area contributed by atoms with Gasteiger partial charge in [-0.2, -0.15) is 0 Å². The fourth-order valence-corrected chi connectivity index (χ4v) is 9.70. The first-order valence-corrected chi connectivity index (χ1v) is 25.3. The van der Waals surface area contributed by atoms with Crippen LogP contribution in [0.5, 0.6) is 0 Å². The minimum atomic E-state index is -1.55. The van der Waals surface area contributed by atoms with Gasteiger partial charge < -0.3 is 56.1 Å². The van der Waals surface area contributed by atoms with Crippen LogP contribution in [-0.4, -0.2) is 222 Å². The maximum atomic E-state index is 14.0. The Labute approximate surface area is 434 Å². The third-order valence-corrected chi connectivity index (χ3v) is 14.1. The molecule has 5 rings (SSSR count). The highest BCUT2D eigenvalue weighted by molar-refractivity contribution is 5.90. The number of carbonyl (C=O) groups excluding carboxylic acids is 6. The summed E-state index contributed by atoms with van der Waals surface area (Å²) in [6, 6.07) is 8.59. The van der Waals surface area contributed by atoms with Gasteiger partial charge in [0.2, 0.25) is 17.7 Å². The molecular formula is C50H71N9O16. The number of rotatable bonds is 27. The molecular weight excluding hydrogens is 983 g/mol. The zero-order valence-corrected chi connectivity index (χ0v) is 42.1. The average Bonchev–Trinajstić information content (AvgIpc) is 3.36. The number of unbranched alkanes of at least 4 members (excludes halogenated alkanes) is 1. The Morgan fingerprint density at radius 3 is 1.73 bits per heavy atom. The lowest BCUT2D eigenvalue weighted by Crippen LogP contribution is -2.62. The molecule has 0 aromatic heterocycles. The van der Waals surface area contributed by atoms with Crippen LogP contribution in [0.2, 0.25) is 0 Å². The Kier molecular flexibility index (Phi) is 23.4. The maximum Gasteiger partial charge on any atom is 0.326 e. The SMILES string of the molecule is O=COCN1CCN(COC=O)CCN(CC(=O)N2CC3(CCC(C(=O)N[C@@H](Cc4ccc5ccccc5c4)C(=O)NCCCCC(NC(=O)N[C@@H](CCC(=O)O)C(=O)O)C(=O)O)CC3)C2)CCN(CC(=O)O)CC1. The summed E-state index contributed by atoms with van der Waals surface area (Å²) in [5, 5.41) is 49.7. The van der Waals surface area contributed by atoms with Crippen molar-refractivity contribution in [3.63, 3.8) is 0 Å². The van der Waals surface area contributed by atoms with Crippen LogP contribution < -0.4 is 21.3 Å². The number of aliphatic carboxylic acids is 4. The molecule has 1 unspecified atom stereocenters. The van der Waals surface area contributed by atoms with Gasteiger partial charge in [-0.25, -0.2) is 14.4 Å². The Hall–Kier alpha value is -6.96.